The van der Waals surface area contributed by atoms with Crippen molar-refractivity contribution in [2.24, 2.45) is 0 Å². The van der Waals surface area contributed by atoms with Gasteiger partial charge in [0.1, 0.15) is 11.6 Å². The number of thioether (sulfide) groups is 1. The average Bonchev–Trinajstić information content (AvgIpc) is 2.72. The van der Waals surface area contributed by atoms with Gasteiger partial charge < -0.3 is 15.0 Å². The second kappa shape index (κ2) is 8.65. The number of anilines is 1. The van der Waals surface area contributed by atoms with Crippen LogP contribution in [0.5, 0.6) is 5.75 Å². The number of hydrogen-bond acceptors (Lipinski definition) is 5. The van der Waals surface area contributed by atoms with Crippen molar-refractivity contribution in [3.8, 4) is 5.75 Å². The summed E-state index contributed by atoms with van der Waals surface area (Å²) in [7, 11) is 1.57. The van der Waals surface area contributed by atoms with Gasteiger partial charge in [0.2, 0.25) is 5.91 Å². The van der Waals surface area contributed by atoms with Crippen molar-refractivity contribution in [1.29, 1.82) is 0 Å². The van der Waals surface area contributed by atoms with Gasteiger partial charge in [0, 0.05) is 28.1 Å². The molecule has 4 rings (SSSR count). The number of nitrogens with zero attached hydrogens (tertiary/aromatic N) is 1. The molecule has 2 heterocycles. The maximum atomic E-state index is 13.0. The Hall–Kier alpha value is -2.58. The summed E-state index contributed by atoms with van der Waals surface area (Å²) in [6.45, 7) is 2.04. The van der Waals surface area contributed by atoms with E-state index in [2.05, 4.69) is 55.5 Å². The Bertz CT molecular complexity index is 1160. The number of rotatable bonds is 5. The number of carbonyl (C=O) groups is 1. The van der Waals surface area contributed by atoms with E-state index < -0.39 is 5.92 Å². The van der Waals surface area contributed by atoms with Gasteiger partial charge in [0.15, 0.2) is 5.16 Å². The van der Waals surface area contributed by atoms with E-state index in [1.807, 2.05) is 25.1 Å². The number of amides is 1. The number of halogens is 1. The normalized spacial score (nSPS) is 15.4. The Morgan fingerprint density at radius 1 is 1.20 bits per heavy atom. The van der Waals surface area contributed by atoms with Crippen LogP contribution in [0.25, 0.3) is 0 Å². The molecule has 154 valence electrons. The summed E-state index contributed by atoms with van der Waals surface area (Å²) >= 11 is 4.89. The summed E-state index contributed by atoms with van der Waals surface area (Å²) in [5.74, 6) is 0.990. The van der Waals surface area contributed by atoms with Crippen molar-refractivity contribution in [2.45, 2.75) is 30.2 Å². The van der Waals surface area contributed by atoms with Crippen LogP contribution in [-0.4, -0.2) is 23.0 Å². The summed E-state index contributed by atoms with van der Waals surface area (Å²) in [6.07, 6.45) is 0.153. The van der Waals surface area contributed by atoms with E-state index in [0.29, 0.717) is 28.0 Å². The predicted octanol–water partition coefficient (Wildman–Crippen LogP) is 4.62. The van der Waals surface area contributed by atoms with Crippen LogP contribution in [-0.2, 0) is 10.5 Å². The van der Waals surface area contributed by atoms with Crippen molar-refractivity contribution >= 4 is 39.4 Å². The zero-order chi connectivity index (χ0) is 21.3. The van der Waals surface area contributed by atoms with Crippen molar-refractivity contribution in [2.75, 3.05) is 12.4 Å². The molecule has 0 bridgehead atoms. The molecule has 8 heteroatoms. The maximum absolute atomic E-state index is 13.0. The largest absolute Gasteiger partial charge is 0.496 e. The summed E-state index contributed by atoms with van der Waals surface area (Å²) in [5.41, 5.74) is 3.30. The van der Waals surface area contributed by atoms with Gasteiger partial charge in [-0.15, -0.1) is 0 Å². The molecule has 3 aromatic rings. The lowest BCUT2D eigenvalue weighted by atomic mass is 9.86. The topological polar surface area (TPSA) is 84.1 Å². The lowest BCUT2D eigenvalue weighted by Gasteiger charge is -2.25. The van der Waals surface area contributed by atoms with Gasteiger partial charge in [-0.05, 0) is 30.7 Å². The van der Waals surface area contributed by atoms with Crippen molar-refractivity contribution in [3.05, 3.63) is 79.5 Å². The highest BCUT2D eigenvalue weighted by molar-refractivity contribution is 9.10. The first-order valence-corrected chi connectivity index (χ1v) is 11.2. The van der Waals surface area contributed by atoms with Crippen LogP contribution < -0.4 is 15.6 Å². The predicted molar refractivity (Wildman–Crippen MR) is 121 cm³/mol. The fourth-order valence-electron chi connectivity index (χ4n) is 3.50. The molecular formula is C22H20BrN3O3S. The smallest absolute Gasteiger partial charge is 0.257 e. The zero-order valence-electron chi connectivity index (χ0n) is 16.5. The number of methoxy groups -OCH3 is 1. The maximum Gasteiger partial charge on any atom is 0.257 e. The number of carbonyl (C=O) groups excluding carboxylic acids is 1. The average molecular weight is 486 g/mol. The summed E-state index contributed by atoms with van der Waals surface area (Å²) in [5, 5.41) is 3.24. The molecule has 1 aliphatic heterocycles. The lowest BCUT2D eigenvalue weighted by Crippen LogP contribution is -2.31. The van der Waals surface area contributed by atoms with E-state index in [0.717, 1.165) is 15.6 Å². The number of ether oxygens (including phenoxy) is 1. The third-order valence-electron chi connectivity index (χ3n) is 4.99. The van der Waals surface area contributed by atoms with Gasteiger partial charge in [-0.25, -0.2) is 4.98 Å². The number of hydrogen-bond donors (Lipinski definition) is 2. The van der Waals surface area contributed by atoms with Crippen LogP contribution >= 0.6 is 27.7 Å². The van der Waals surface area contributed by atoms with E-state index in [1.54, 1.807) is 7.11 Å². The monoisotopic (exact) mass is 485 g/mol. The Morgan fingerprint density at radius 3 is 2.70 bits per heavy atom. The number of nitrogens with one attached hydrogen (secondary N) is 2. The number of aromatic nitrogens is 2. The van der Waals surface area contributed by atoms with E-state index >= 15 is 0 Å². The standard InChI is InChI=1S/C22H20BrN3O3S/c1-12-3-5-13(6-4-12)11-30-22-25-20-19(21(28)26-22)16(10-18(27)24-20)15-9-14(23)7-8-17(15)29-2/h3-9,16H,10-11H2,1-2H3,(H2,24,25,26,27,28)/t16-/m1/s1. The first-order chi connectivity index (χ1) is 14.4. The molecule has 0 saturated heterocycles. The minimum absolute atomic E-state index is 0.153. The molecule has 0 radical (unpaired) electrons. The van der Waals surface area contributed by atoms with Gasteiger partial charge >= 0.3 is 0 Å². The molecule has 0 saturated carbocycles. The first-order valence-electron chi connectivity index (χ1n) is 9.40. The second-order valence-corrected chi connectivity index (χ2v) is 8.98. The van der Waals surface area contributed by atoms with E-state index in [1.165, 1.54) is 17.3 Å². The molecule has 2 N–H and O–H groups in total. The summed E-state index contributed by atoms with van der Waals surface area (Å²) in [4.78, 5) is 32.8. The van der Waals surface area contributed by atoms with Gasteiger partial charge in [-0.2, -0.15) is 0 Å². The highest BCUT2D eigenvalue weighted by Crippen LogP contribution is 2.39. The van der Waals surface area contributed by atoms with Crippen LogP contribution in [0.4, 0.5) is 5.82 Å². The van der Waals surface area contributed by atoms with Crippen LogP contribution in [0.2, 0.25) is 0 Å². The Labute approximate surface area is 186 Å². The molecule has 1 aromatic heterocycles. The van der Waals surface area contributed by atoms with Crippen molar-refractivity contribution in [1.82, 2.24) is 9.97 Å². The van der Waals surface area contributed by atoms with Crippen LogP contribution in [0.3, 0.4) is 0 Å². The van der Waals surface area contributed by atoms with E-state index in [9.17, 15) is 9.59 Å². The molecule has 1 amide bonds. The number of aryl methyl sites for hydroxylation is 1. The molecule has 0 spiro atoms. The van der Waals surface area contributed by atoms with Crippen LogP contribution in [0, 0.1) is 6.92 Å². The molecular weight excluding hydrogens is 466 g/mol. The Kier molecular flexibility index (Phi) is 5.97. The summed E-state index contributed by atoms with van der Waals surface area (Å²) in [6, 6.07) is 13.8. The molecule has 30 heavy (non-hydrogen) atoms. The van der Waals surface area contributed by atoms with Gasteiger partial charge in [-0.1, -0.05) is 57.5 Å². The highest BCUT2D eigenvalue weighted by atomic mass is 79.9. The fraction of sp³-hybridized carbons (Fsp3) is 0.227. The van der Waals surface area contributed by atoms with Crippen molar-refractivity contribution in [3.63, 3.8) is 0 Å². The second-order valence-electron chi connectivity index (χ2n) is 7.10. The third kappa shape index (κ3) is 4.29. The van der Waals surface area contributed by atoms with Crippen LogP contribution in [0.1, 0.15) is 34.6 Å². The third-order valence-corrected chi connectivity index (χ3v) is 6.43. The zero-order valence-corrected chi connectivity index (χ0v) is 18.9. The Morgan fingerprint density at radius 2 is 1.97 bits per heavy atom. The molecule has 1 atom stereocenters. The highest BCUT2D eigenvalue weighted by Gasteiger charge is 2.32. The quantitative estimate of drug-likeness (QED) is 0.406. The number of aromatic amines is 1. The minimum atomic E-state index is -0.436. The van der Waals surface area contributed by atoms with Gasteiger partial charge in [0.25, 0.3) is 5.56 Å². The Balaban J connectivity index is 1.69. The molecule has 6 nitrogen and oxygen atoms in total. The first kappa shape index (κ1) is 20.7. The minimum Gasteiger partial charge on any atom is -0.496 e. The van der Waals surface area contributed by atoms with E-state index in [-0.39, 0.29) is 17.9 Å². The molecule has 2 aromatic carbocycles. The molecule has 0 aliphatic carbocycles. The number of benzene rings is 2. The molecule has 0 fully saturated rings. The van der Waals surface area contributed by atoms with Gasteiger partial charge in [0.05, 0.1) is 12.7 Å². The number of fused-ring (bicyclic) bond motifs is 1. The fourth-order valence-corrected chi connectivity index (χ4v) is 4.69. The van der Waals surface area contributed by atoms with Crippen molar-refractivity contribution < 1.29 is 9.53 Å². The van der Waals surface area contributed by atoms with Gasteiger partial charge in [-0.3, -0.25) is 9.59 Å². The molecule has 1 aliphatic rings. The van der Waals surface area contributed by atoms with E-state index in [4.69, 9.17) is 4.74 Å². The molecule has 0 unspecified atom stereocenters. The number of H-pyrrole nitrogens is 1. The SMILES string of the molecule is COc1ccc(Br)cc1[C@H]1CC(=O)Nc2nc(SCc3ccc(C)cc3)[nH]c(=O)c21. The lowest BCUT2D eigenvalue weighted by molar-refractivity contribution is -0.116. The summed E-state index contributed by atoms with van der Waals surface area (Å²) < 4.78 is 6.32. The van der Waals surface area contributed by atoms with Crippen LogP contribution in [0.15, 0.2) is 56.9 Å².